The first-order valence-corrected chi connectivity index (χ1v) is 12.3. The van der Waals surface area contributed by atoms with Gasteiger partial charge in [-0.3, -0.25) is 9.59 Å². The molecular formula is C28H36N2O5. The Morgan fingerprint density at radius 1 is 0.943 bits per heavy atom. The molecule has 0 spiro atoms. The number of fused-ring (bicyclic) bond motifs is 3. The van der Waals surface area contributed by atoms with Gasteiger partial charge in [-0.05, 0) is 42.0 Å². The van der Waals surface area contributed by atoms with Crippen LogP contribution in [0.15, 0.2) is 48.5 Å². The molecule has 2 aromatic rings. The number of nitrogens with zero attached hydrogens (tertiary/aromatic N) is 1. The Labute approximate surface area is 207 Å². The fourth-order valence-electron chi connectivity index (χ4n) is 4.72. The first kappa shape index (κ1) is 26.3. The van der Waals surface area contributed by atoms with E-state index in [0.717, 1.165) is 12.8 Å². The second-order valence-electron chi connectivity index (χ2n) is 9.66. The molecule has 35 heavy (non-hydrogen) atoms. The van der Waals surface area contributed by atoms with Crippen molar-refractivity contribution in [2.24, 2.45) is 11.8 Å². The average molecular weight is 481 g/mol. The Morgan fingerprint density at radius 2 is 1.51 bits per heavy atom. The molecular weight excluding hydrogens is 444 g/mol. The molecule has 7 heteroatoms. The number of carboxylic acids is 1. The van der Waals surface area contributed by atoms with Crippen LogP contribution in [0.5, 0.6) is 0 Å². The smallest absolute Gasteiger partial charge is 0.407 e. The van der Waals surface area contributed by atoms with Crippen molar-refractivity contribution in [1.29, 1.82) is 0 Å². The molecule has 0 heterocycles. The van der Waals surface area contributed by atoms with Gasteiger partial charge in [0.2, 0.25) is 5.91 Å². The molecule has 3 unspecified atom stereocenters. The van der Waals surface area contributed by atoms with Crippen molar-refractivity contribution in [3.63, 3.8) is 0 Å². The Kier molecular flexibility index (Phi) is 8.90. The van der Waals surface area contributed by atoms with Crippen molar-refractivity contribution in [3.8, 4) is 11.1 Å². The maximum Gasteiger partial charge on any atom is 0.407 e. The molecule has 188 valence electrons. The highest BCUT2D eigenvalue weighted by atomic mass is 16.5. The molecule has 3 rings (SSSR count). The van der Waals surface area contributed by atoms with Crippen LogP contribution in [-0.4, -0.2) is 54.2 Å². The monoisotopic (exact) mass is 480 g/mol. The number of hydrogen-bond donors (Lipinski definition) is 2. The molecule has 0 radical (unpaired) electrons. The van der Waals surface area contributed by atoms with Crippen LogP contribution in [0.1, 0.15) is 57.1 Å². The van der Waals surface area contributed by atoms with E-state index in [9.17, 15) is 14.4 Å². The zero-order valence-corrected chi connectivity index (χ0v) is 21.0. The highest BCUT2D eigenvalue weighted by molar-refractivity contribution is 5.80. The van der Waals surface area contributed by atoms with E-state index in [4.69, 9.17) is 9.84 Å². The summed E-state index contributed by atoms with van der Waals surface area (Å²) in [5.41, 5.74) is 4.74. The summed E-state index contributed by atoms with van der Waals surface area (Å²) in [6.07, 6.45) is 1.71. The van der Waals surface area contributed by atoms with Gasteiger partial charge >= 0.3 is 12.1 Å². The Hall–Kier alpha value is -3.35. The summed E-state index contributed by atoms with van der Waals surface area (Å²) in [5, 5.41) is 11.9. The van der Waals surface area contributed by atoms with Gasteiger partial charge in [-0.15, -0.1) is 0 Å². The van der Waals surface area contributed by atoms with Gasteiger partial charge < -0.3 is 20.1 Å². The molecule has 0 saturated carbocycles. The molecule has 0 bridgehead atoms. The van der Waals surface area contributed by atoms with Gasteiger partial charge in [0.05, 0.1) is 5.92 Å². The number of carbonyl (C=O) groups excluding carboxylic acids is 2. The van der Waals surface area contributed by atoms with Crippen LogP contribution in [0.4, 0.5) is 4.79 Å². The third-order valence-corrected chi connectivity index (χ3v) is 6.75. The number of amides is 2. The zero-order chi connectivity index (χ0) is 25.5. The predicted molar refractivity (Wildman–Crippen MR) is 135 cm³/mol. The van der Waals surface area contributed by atoms with E-state index in [1.54, 1.807) is 14.0 Å². The minimum Gasteiger partial charge on any atom is -0.481 e. The van der Waals surface area contributed by atoms with Crippen LogP contribution in [0.25, 0.3) is 11.1 Å². The number of carboxylic acid groups (broad SMARTS) is 1. The van der Waals surface area contributed by atoms with Crippen LogP contribution < -0.4 is 5.32 Å². The van der Waals surface area contributed by atoms with Crippen LogP contribution in [0.3, 0.4) is 0 Å². The summed E-state index contributed by atoms with van der Waals surface area (Å²) >= 11 is 0. The minimum atomic E-state index is -0.912. The molecule has 7 nitrogen and oxygen atoms in total. The highest BCUT2D eigenvalue weighted by Gasteiger charge is 2.29. The summed E-state index contributed by atoms with van der Waals surface area (Å²) in [5.74, 6) is -1.75. The molecule has 0 fully saturated rings. The van der Waals surface area contributed by atoms with Crippen molar-refractivity contribution in [2.45, 2.75) is 52.0 Å². The summed E-state index contributed by atoms with van der Waals surface area (Å²) in [6, 6.07) is 16.4. The van der Waals surface area contributed by atoms with Crippen LogP contribution in [-0.2, 0) is 14.3 Å². The van der Waals surface area contributed by atoms with Crippen molar-refractivity contribution in [2.75, 3.05) is 20.2 Å². The van der Waals surface area contributed by atoms with E-state index in [1.807, 2.05) is 38.1 Å². The third kappa shape index (κ3) is 6.62. The molecule has 1 aliphatic carbocycles. The number of rotatable bonds is 11. The number of aliphatic carboxylic acids is 1. The fourth-order valence-corrected chi connectivity index (χ4v) is 4.72. The third-order valence-electron chi connectivity index (χ3n) is 6.75. The van der Waals surface area contributed by atoms with E-state index in [-0.39, 0.29) is 36.9 Å². The second-order valence-corrected chi connectivity index (χ2v) is 9.66. The predicted octanol–water partition coefficient (Wildman–Crippen LogP) is 4.90. The molecule has 1 aliphatic rings. The summed E-state index contributed by atoms with van der Waals surface area (Å²) in [6.45, 7) is 5.84. The van der Waals surface area contributed by atoms with Gasteiger partial charge in [0.15, 0.2) is 0 Å². The number of carbonyl (C=O) groups is 3. The largest absolute Gasteiger partial charge is 0.481 e. The van der Waals surface area contributed by atoms with Gasteiger partial charge in [-0.1, -0.05) is 68.8 Å². The number of alkyl carbamates (subject to hydrolysis) is 1. The Bertz CT molecular complexity index is 1010. The normalized spacial score (nSPS) is 14.9. The quantitative estimate of drug-likeness (QED) is 0.477. The Morgan fingerprint density at radius 3 is 2.09 bits per heavy atom. The second kappa shape index (κ2) is 11.9. The molecule has 2 amide bonds. The molecule has 2 N–H and O–H groups in total. The Balaban J connectivity index is 1.41. The van der Waals surface area contributed by atoms with E-state index in [1.165, 1.54) is 27.2 Å². The average Bonchev–Trinajstić information content (AvgIpc) is 3.15. The fraction of sp³-hybridized carbons (Fsp3) is 0.464. The van der Waals surface area contributed by atoms with E-state index in [2.05, 4.69) is 29.6 Å². The minimum absolute atomic E-state index is 0.0242. The van der Waals surface area contributed by atoms with E-state index >= 15 is 0 Å². The lowest BCUT2D eigenvalue weighted by atomic mass is 9.98. The van der Waals surface area contributed by atoms with Gasteiger partial charge in [-0.2, -0.15) is 0 Å². The van der Waals surface area contributed by atoms with Crippen LogP contribution in [0, 0.1) is 11.8 Å². The van der Waals surface area contributed by atoms with Gasteiger partial charge in [-0.25, -0.2) is 4.79 Å². The van der Waals surface area contributed by atoms with Crippen molar-refractivity contribution in [1.82, 2.24) is 10.2 Å². The zero-order valence-electron chi connectivity index (χ0n) is 21.0. The first-order valence-electron chi connectivity index (χ1n) is 12.3. The number of hydrogen-bond acceptors (Lipinski definition) is 4. The topological polar surface area (TPSA) is 95.9 Å². The lowest BCUT2D eigenvalue weighted by Gasteiger charge is -2.23. The summed E-state index contributed by atoms with van der Waals surface area (Å²) < 4.78 is 5.60. The summed E-state index contributed by atoms with van der Waals surface area (Å²) in [7, 11) is 1.64. The molecule has 2 aromatic carbocycles. The molecule has 3 atom stereocenters. The van der Waals surface area contributed by atoms with Gasteiger partial charge in [0.1, 0.15) is 6.61 Å². The SMILES string of the molecule is CC(CCCC(C)C(=O)N(C)CC(C)C(=O)O)NC(=O)OCC1c2ccccc2-c2ccccc21. The molecule has 0 aromatic heterocycles. The van der Waals surface area contributed by atoms with Crippen molar-refractivity contribution in [3.05, 3.63) is 59.7 Å². The molecule has 0 saturated heterocycles. The van der Waals surface area contributed by atoms with Crippen molar-refractivity contribution >= 4 is 18.0 Å². The number of benzene rings is 2. The van der Waals surface area contributed by atoms with E-state index in [0.29, 0.717) is 6.42 Å². The van der Waals surface area contributed by atoms with Crippen LogP contribution in [0.2, 0.25) is 0 Å². The van der Waals surface area contributed by atoms with Gasteiger partial charge in [0.25, 0.3) is 0 Å². The summed E-state index contributed by atoms with van der Waals surface area (Å²) in [4.78, 5) is 37.4. The van der Waals surface area contributed by atoms with Gasteiger partial charge in [0, 0.05) is 31.5 Å². The molecule has 0 aliphatic heterocycles. The first-order chi connectivity index (χ1) is 16.7. The maximum atomic E-state index is 12.5. The van der Waals surface area contributed by atoms with Crippen LogP contribution >= 0.6 is 0 Å². The standard InChI is InChI=1S/C28H36N2O5/c1-18(26(31)30(4)16-19(2)27(32)33)10-9-11-20(3)29-28(34)35-17-25-23-14-7-5-12-21(23)22-13-6-8-15-24(22)25/h5-8,12-15,18-20,25H,9-11,16-17H2,1-4H3,(H,29,34)(H,32,33). The van der Waals surface area contributed by atoms with E-state index < -0.39 is 18.0 Å². The maximum absolute atomic E-state index is 12.5. The number of nitrogens with one attached hydrogen (secondary N) is 1. The lowest BCUT2D eigenvalue weighted by molar-refractivity contribution is -0.143. The lowest BCUT2D eigenvalue weighted by Crippen LogP contribution is -2.37. The van der Waals surface area contributed by atoms with Crippen molar-refractivity contribution < 1.29 is 24.2 Å². The number of ether oxygens (including phenoxy) is 1. The highest BCUT2D eigenvalue weighted by Crippen LogP contribution is 2.44.